The van der Waals surface area contributed by atoms with Crippen LogP contribution in [0.3, 0.4) is 0 Å². The Morgan fingerprint density at radius 2 is 1.86 bits per heavy atom. The van der Waals surface area contributed by atoms with E-state index in [1.807, 2.05) is 18.4 Å². The maximum absolute atomic E-state index is 12.2. The summed E-state index contributed by atoms with van der Waals surface area (Å²) in [6, 6.07) is 13.4. The molecule has 0 aliphatic rings. The highest BCUT2D eigenvalue weighted by molar-refractivity contribution is 7.12. The van der Waals surface area contributed by atoms with Crippen molar-refractivity contribution < 1.29 is 23.5 Å². The molecule has 2 heterocycles. The van der Waals surface area contributed by atoms with E-state index in [0.29, 0.717) is 22.9 Å². The highest BCUT2D eigenvalue weighted by Crippen LogP contribution is 2.15. The summed E-state index contributed by atoms with van der Waals surface area (Å²) >= 11 is 1.34. The number of esters is 1. The first kappa shape index (κ1) is 20.3. The lowest BCUT2D eigenvalue weighted by Crippen LogP contribution is -2.30. The first-order valence-electron chi connectivity index (χ1n) is 8.83. The minimum Gasteiger partial charge on any atom is -0.464 e. The number of carbonyl (C=O) groups is 3. The van der Waals surface area contributed by atoms with E-state index >= 15 is 0 Å². The highest BCUT2D eigenvalue weighted by Gasteiger charge is 2.15. The fourth-order valence-electron chi connectivity index (χ4n) is 2.50. The Morgan fingerprint density at radius 3 is 2.48 bits per heavy atom. The molecular formula is C21H20N2O5S. The fourth-order valence-corrected chi connectivity index (χ4v) is 3.12. The van der Waals surface area contributed by atoms with Crippen molar-refractivity contribution in [3.05, 3.63) is 75.9 Å². The van der Waals surface area contributed by atoms with Crippen LogP contribution in [0.5, 0.6) is 0 Å². The number of thiophene rings is 1. The van der Waals surface area contributed by atoms with Gasteiger partial charge in [-0.2, -0.15) is 0 Å². The normalized spacial score (nSPS) is 10.4. The van der Waals surface area contributed by atoms with Gasteiger partial charge in [0, 0.05) is 12.7 Å². The molecule has 8 heteroatoms. The number of nitrogens with zero attached hydrogens (tertiary/aromatic N) is 1. The summed E-state index contributed by atoms with van der Waals surface area (Å²) in [5.41, 5.74) is 0.848. The van der Waals surface area contributed by atoms with Crippen molar-refractivity contribution in [3.8, 4) is 0 Å². The Morgan fingerprint density at radius 1 is 1.10 bits per heavy atom. The zero-order valence-electron chi connectivity index (χ0n) is 16.0. The molecule has 0 spiro atoms. The third-order valence-corrected chi connectivity index (χ3v) is 4.93. The minimum absolute atomic E-state index is 0.212. The van der Waals surface area contributed by atoms with E-state index in [1.165, 1.54) is 28.4 Å². The van der Waals surface area contributed by atoms with Crippen LogP contribution in [0.2, 0.25) is 0 Å². The molecule has 0 bridgehead atoms. The Hall–Kier alpha value is -3.39. The monoisotopic (exact) mass is 412 g/mol. The lowest BCUT2D eigenvalue weighted by atomic mass is 10.2. The standard InChI is InChI=1S/C21H20N2O5S/c1-14-5-10-17(28-14)12-23(2)19(24)13-27-21(26)15-6-8-16(9-7-15)22-20(25)18-4-3-11-29-18/h3-11H,12-13H2,1-2H3,(H,22,25). The summed E-state index contributed by atoms with van der Waals surface area (Å²) in [5, 5.41) is 4.57. The number of rotatable bonds is 7. The van der Waals surface area contributed by atoms with Crippen LogP contribution in [0, 0.1) is 6.92 Å². The zero-order chi connectivity index (χ0) is 20.8. The molecule has 29 heavy (non-hydrogen) atoms. The van der Waals surface area contributed by atoms with Gasteiger partial charge < -0.3 is 19.4 Å². The number of anilines is 1. The third kappa shape index (κ3) is 5.55. The Kier molecular flexibility index (Phi) is 6.46. The molecule has 2 amide bonds. The molecule has 0 radical (unpaired) electrons. The Bertz CT molecular complexity index is 993. The number of hydrogen-bond acceptors (Lipinski definition) is 6. The molecular weight excluding hydrogens is 392 g/mol. The van der Waals surface area contributed by atoms with E-state index < -0.39 is 5.97 Å². The lowest BCUT2D eigenvalue weighted by Gasteiger charge is -2.15. The first-order chi connectivity index (χ1) is 13.9. The summed E-state index contributed by atoms with van der Waals surface area (Å²) in [6.45, 7) is 1.75. The summed E-state index contributed by atoms with van der Waals surface area (Å²) in [4.78, 5) is 38.3. The summed E-state index contributed by atoms with van der Waals surface area (Å²) in [5.74, 6) is 0.256. The van der Waals surface area contributed by atoms with E-state index in [4.69, 9.17) is 9.15 Å². The van der Waals surface area contributed by atoms with Crippen LogP contribution in [-0.4, -0.2) is 36.3 Å². The zero-order valence-corrected chi connectivity index (χ0v) is 16.8. The van der Waals surface area contributed by atoms with Gasteiger partial charge in [-0.15, -0.1) is 11.3 Å². The van der Waals surface area contributed by atoms with Crippen molar-refractivity contribution in [2.45, 2.75) is 13.5 Å². The van der Waals surface area contributed by atoms with E-state index in [2.05, 4.69) is 5.32 Å². The lowest BCUT2D eigenvalue weighted by molar-refractivity contribution is -0.134. The number of amides is 2. The molecule has 0 saturated heterocycles. The van der Waals surface area contributed by atoms with E-state index in [1.54, 1.807) is 37.4 Å². The van der Waals surface area contributed by atoms with E-state index in [0.717, 1.165) is 5.76 Å². The molecule has 0 saturated carbocycles. The molecule has 150 valence electrons. The van der Waals surface area contributed by atoms with E-state index in [-0.39, 0.29) is 24.0 Å². The maximum Gasteiger partial charge on any atom is 0.338 e. The topological polar surface area (TPSA) is 88.9 Å². The van der Waals surface area contributed by atoms with Crippen molar-refractivity contribution in [3.63, 3.8) is 0 Å². The predicted molar refractivity (Wildman–Crippen MR) is 109 cm³/mol. The van der Waals surface area contributed by atoms with Crippen molar-refractivity contribution in [1.29, 1.82) is 0 Å². The molecule has 1 aromatic carbocycles. The second-order valence-corrected chi connectivity index (χ2v) is 7.29. The second-order valence-electron chi connectivity index (χ2n) is 6.35. The molecule has 0 aliphatic heterocycles. The van der Waals surface area contributed by atoms with Crippen LogP contribution in [-0.2, 0) is 16.1 Å². The van der Waals surface area contributed by atoms with Crippen molar-refractivity contribution in [2.24, 2.45) is 0 Å². The molecule has 0 unspecified atom stereocenters. The predicted octanol–water partition coefficient (Wildman–Crippen LogP) is 3.72. The Labute approximate surface area is 171 Å². The SMILES string of the molecule is Cc1ccc(CN(C)C(=O)COC(=O)c2ccc(NC(=O)c3cccs3)cc2)o1. The van der Waals surface area contributed by atoms with Crippen molar-refractivity contribution >= 4 is 34.8 Å². The molecule has 7 nitrogen and oxygen atoms in total. The molecule has 2 aromatic heterocycles. The summed E-state index contributed by atoms with van der Waals surface area (Å²) < 4.78 is 10.5. The van der Waals surface area contributed by atoms with Gasteiger partial charge in [0.05, 0.1) is 17.0 Å². The summed E-state index contributed by atoms with van der Waals surface area (Å²) in [7, 11) is 1.61. The van der Waals surface area contributed by atoms with Gasteiger partial charge in [-0.05, 0) is 54.8 Å². The fraction of sp³-hybridized carbons (Fsp3) is 0.190. The number of furan rings is 1. The number of hydrogen-bond donors (Lipinski definition) is 1. The van der Waals surface area contributed by atoms with Crippen LogP contribution >= 0.6 is 11.3 Å². The highest BCUT2D eigenvalue weighted by atomic mass is 32.1. The average molecular weight is 412 g/mol. The summed E-state index contributed by atoms with van der Waals surface area (Å²) in [6.07, 6.45) is 0. The molecule has 1 N–H and O–H groups in total. The molecule has 3 aromatic rings. The average Bonchev–Trinajstić information content (AvgIpc) is 3.38. The number of aryl methyl sites for hydroxylation is 1. The van der Waals surface area contributed by atoms with Crippen LogP contribution in [0.1, 0.15) is 31.6 Å². The quantitative estimate of drug-likeness (QED) is 0.598. The molecule has 0 aliphatic carbocycles. The number of likely N-dealkylation sites (N-methyl/N-ethyl adjacent to an activating group) is 1. The van der Waals surface area contributed by atoms with Gasteiger partial charge in [0.15, 0.2) is 6.61 Å². The molecule has 0 fully saturated rings. The molecule has 3 rings (SSSR count). The number of carbonyl (C=O) groups excluding carboxylic acids is 3. The number of nitrogens with one attached hydrogen (secondary N) is 1. The minimum atomic E-state index is -0.614. The number of ether oxygens (including phenoxy) is 1. The van der Waals surface area contributed by atoms with Gasteiger partial charge in [0.2, 0.25) is 0 Å². The van der Waals surface area contributed by atoms with Gasteiger partial charge >= 0.3 is 5.97 Å². The first-order valence-corrected chi connectivity index (χ1v) is 9.71. The largest absolute Gasteiger partial charge is 0.464 e. The van der Waals surface area contributed by atoms with Gasteiger partial charge in [-0.25, -0.2) is 4.79 Å². The van der Waals surface area contributed by atoms with Gasteiger partial charge in [0.25, 0.3) is 11.8 Å². The Balaban J connectivity index is 1.48. The van der Waals surface area contributed by atoms with Crippen LogP contribution in [0.25, 0.3) is 0 Å². The van der Waals surface area contributed by atoms with Crippen LogP contribution in [0.15, 0.2) is 58.3 Å². The van der Waals surface area contributed by atoms with Crippen LogP contribution in [0.4, 0.5) is 5.69 Å². The second kappa shape index (κ2) is 9.20. The maximum atomic E-state index is 12.2. The van der Waals surface area contributed by atoms with Crippen molar-refractivity contribution in [1.82, 2.24) is 4.90 Å². The van der Waals surface area contributed by atoms with Gasteiger partial charge in [0.1, 0.15) is 11.5 Å². The third-order valence-electron chi connectivity index (χ3n) is 4.06. The van der Waals surface area contributed by atoms with Crippen LogP contribution < -0.4 is 5.32 Å². The van der Waals surface area contributed by atoms with E-state index in [9.17, 15) is 14.4 Å². The molecule has 0 atom stereocenters. The van der Waals surface area contributed by atoms with Gasteiger partial charge in [-0.1, -0.05) is 6.07 Å². The van der Waals surface area contributed by atoms with Gasteiger partial charge in [-0.3, -0.25) is 9.59 Å². The van der Waals surface area contributed by atoms with Crippen molar-refractivity contribution in [2.75, 3.05) is 19.0 Å². The smallest absolute Gasteiger partial charge is 0.338 e. The number of benzene rings is 1.